The van der Waals surface area contributed by atoms with Crippen LogP contribution in [0.3, 0.4) is 0 Å². The minimum absolute atomic E-state index is 0.288. The van der Waals surface area contributed by atoms with Crippen molar-refractivity contribution in [3.8, 4) is 0 Å². The zero-order valence-corrected chi connectivity index (χ0v) is 10.5. The molecule has 1 heterocycles. The fourth-order valence-corrected chi connectivity index (χ4v) is 1.35. The first kappa shape index (κ1) is 15.2. The lowest BCUT2D eigenvalue weighted by Crippen LogP contribution is -2.36. The molecule has 0 radical (unpaired) electrons. The van der Waals surface area contributed by atoms with Gasteiger partial charge in [-0.3, -0.25) is 14.4 Å². The normalized spacial score (nSPS) is 11.5. The summed E-state index contributed by atoms with van der Waals surface area (Å²) < 4.78 is 36.5. The molecule has 19 heavy (non-hydrogen) atoms. The maximum absolute atomic E-state index is 11.8. The molecule has 0 saturated carbocycles. The Labute approximate surface area is 106 Å². The van der Waals surface area contributed by atoms with Crippen LogP contribution in [0.2, 0.25) is 0 Å². The van der Waals surface area contributed by atoms with E-state index in [1.165, 1.54) is 14.0 Å². The van der Waals surface area contributed by atoms with E-state index >= 15 is 0 Å². The predicted octanol–water partition coefficient (Wildman–Crippen LogP) is 0.621. The van der Waals surface area contributed by atoms with Crippen LogP contribution in [0.25, 0.3) is 0 Å². The van der Waals surface area contributed by atoms with Crippen LogP contribution in [0.5, 0.6) is 0 Å². The third-order valence-electron chi connectivity index (χ3n) is 2.35. The van der Waals surface area contributed by atoms with Crippen LogP contribution in [-0.2, 0) is 11.9 Å². The zero-order chi connectivity index (χ0) is 14.8. The van der Waals surface area contributed by atoms with Gasteiger partial charge in [-0.1, -0.05) is 0 Å². The Morgan fingerprint density at radius 3 is 2.53 bits per heavy atom. The summed E-state index contributed by atoms with van der Waals surface area (Å²) in [6, 6.07) is 0. The molecule has 106 valence electrons. The molecular formula is C10H12F3N3O3. The van der Waals surface area contributed by atoms with Crippen LogP contribution in [-0.4, -0.2) is 28.5 Å². The summed E-state index contributed by atoms with van der Waals surface area (Å²) in [5, 5.41) is 3.84. The van der Waals surface area contributed by atoms with E-state index < -0.39 is 24.2 Å². The molecule has 0 aliphatic heterocycles. The maximum Gasteiger partial charge on any atom is 0.414 e. The first-order chi connectivity index (χ1) is 8.63. The highest BCUT2D eigenvalue weighted by molar-refractivity contribution is 5.94. The molecule has 0 fully saturated rings. The number of halogens is 3. The van der Waals surface area contributed by atoms with E-state index in [1.807, 2.05) is 0 Å². The van der Waals surface area contributed by atoms with Crippen molar-refractivity contribution >= 4 is 5.91 Å². The van der Waals surface area contributed by atoms with Gasteiger partial charge in [0.25, 0.3) is 11.5 Å². The quantitative estimate of drug-likeness (QED) is 0.823. The highest BCUT2D eigenvalue weighted by atomic mass is 19.4. The van der Waals surface area contributed by atoms with Gasteiger partial charge in [-0.15, -0.1) is 0 Å². The molecule has 1 aromatic heterocycles. The summed E-state index contributed by atoms with van der Waals surface area (Å²) in [6.45, 7) is 1.41. The Balaban J connectivity index is 2.92. The standard InChI is InChI=1S/C10H12F3N3O3/c1-5-6(2)14-16(3)9(18)7(5)8(17)15-19-4-10(11,12)13/h4H2,1-3H3,(H,15,17). The summed E-state index contributed by atoms with van der Waals surface area (Å²) in [7, 11) is 1.34. The molecule has 0 aliphatic carbocycles. The molecule has 0 unspecified atom stereocenters. The second-order valence-electron chi connectivity index (χ2n) is 3.85. The molecule has 0 bridgehead atoms. The van der Waals surface area contributed by atoms with Crippen LogP contribution in [0, 0.1) is 13.8 Å². The maximum atomic E-state index is 11.8. The second-order valence-corrected chi connectivity index (χ2v) is 3.85. The van der Waals surface area contributed by atoms with Gasteiger partial charge in [0, 0.05) is 7.05 Å². The van der Waals surface area contributed by atoms with Crippen molar-refractivity contribution in [1.82, 2.24) is 15.3 Å². The van der Waals surface area contributed by atoms with Gasteiger partial charge in [0.1, 0.15) is 5.56 Å². The van der Waals surface area contributed by atoms with Crippen LogP contribution in [0.1, 0.15) is 21.6 Å². The number of hydroxylamine groups is 1. The predicted molar refractivity (Wildman–Crippen MR) is 58.4 cm³/mol. The van der Waals surface area contributed by atoms with Gasteiger partial charge in [-0.25, -0.2) is 10.2 Å². The highest BCUT2D eigenvalue weighted by Crippen LogP contribution is 2.13. The van der Waals surface area contributed by atoms with Gasteiger partial charge in [0.05, 0.1) is 5.69 Å². The van der Waals surface area contributed by atoms with Gasteiger partial charge in [-0.05, 0) is 19.4 Å². The fourth-order valence-electron chi connectivity index (χ4n) is 1.35. The number of amides is 1. The Kier molecular flexibility index (Phi) is 4.30. The average Bonchev–Trinajstić information content (AvgIpc) is 2.25. The summed E-state index contributed by atoms with van der Waals surface area (Å²) in [5.74, 6) is -1.03. The molecule has 1 rings (SSSR count). The van der Waals surface area contributed by atoms with Gasteiger partial charge >= 0.3 is 6.18 Å². The van der Waals surface area contributed by atoms with Crippen LogP contribution < -0.4 is 11.0 Å². The van der Waals surface area contributed by atoms with E-state index in [0.29, 0.717) is 5.69 Å². The summed E-state index contributed by atoms with van der Waals surface area (Å²) in [4.78, 5) is 27.3. The third kappa shape index (κ3) is 3.78. The molecule has 0 saturated heterocycles. The number of alkyl halides is 3. The van der Waals surface area contributed by atoms with Crippen LogP contribution in [0.15, 0.2) is 4.79 Å². The Morgan fingerprint density at radius 2 is 2.00 bits per heavy atom. The number of carbonyl (C=O) groups is 1. The molecule has 0 aromatic carbocycles. The molecule has 1 aromatic rings. The molecule has 0 atom stereocenters. The van der Waals surface area contributed by atoms with E-state index in [9.17, 15) is 22.8 Å². The van der Waals surface area contributed by atoms with Crippen molar-refractivity contribution in [3.63, 3.8) is 0 Å². The molecular weight excluding hydrogens is 267 g/mol. The number of rotatable bonds is 3. The zero-order valence-electron chi connectivity index (χ0n) is 10.5. The van der Waals surface area contributed by atoms with Gasteiger partial charge in [0.2, 0.25) is 0 Å². The van der Waals surface area contributed by atoms with Crippen molar-refractivity contribution in [2.75, 3.05) is 6.61 Å². The number of hydrogen-bond donors (Lipinski definition) is 1. The Bertz CT molecular complexity index is 551. The minimum atomic E-state index is -4.57. The molecule has 1 amide bonds. The number of nitrogens with one attached hydrogen (secondary N) is 1. The lowest BCUT2D eigenvalue weighted by molar-refractivity contribution is -0.184. The Hall–Kier alpha value is -1.90. The molecule has 0 aliphatic rings. The van der Waals surface area contributed by atoms with E-state index in [-0.39, 0.29) is 11.1 Å². The van der Waals surface area contributed by atoms with E-state index in [2.05, 4.69) is 9.94 Å². The summed E-state index contributed by atoms with van der Waals surface area (Å²) in [6.07, 6.45) is -4.57. The average molecular weight is 279 g/mol. The van der Waals surface area contributed by atoms with Crippen molar-refractivity contribution in [2.45, 2.75) is 20.0 Å². The first-order valence-electron chi connectivity index (χ1n) is 5.17. The lowest BCUT2D eigenvalue weighted by Gasteiger charge is -2.11. The van der Waals surface area contributed by atoms with E-state index in [1.54, 1.807) is 12.4 Å². The largest absolute Gasteiger partial charge is 0.414 e. The molecule has 6 nitrogen and oxygen atoms in total. The number of nitrogens with zero attached hydrogens (tertiary/aromatic N) is 2. The number of hydrogen-bond acceptors (Lipinski definition) is 4. The number of carbonyl (C=O) groups excluding carboxylic acids is 1. The topological polar surface area (TPSA) is 73.2 Å². The molecule has 1 N–H and O–H groups in total. The van der Waals surface area contributed by atoms with Gasteiger partial charge < -0.3 is 0 Å². The second kappa shape index (κ2) is 5.39. The number of aromatic nitrogens is 2. The van der Waals surface area contributed by atoms with E-state index in [4.69, 9.17) is 0 Å². The Morgan fingerprint density at radius 1 is 1.42 bits per heavy atom. The lowest BCUT2D eigenvalue weighted by atomic mass is 10.1. The molecule has 9 heteroatoms. The van der Waals surface area contributed by atoms with E-state index in [0.717, 1.165) is 4.68 Å². The van der Waals surface area contributed by atoms with Crippen molar-refractivity contribution in [3.05, 3.63) is 27.2 Å². The summed E-state index contributed by atoms with van der Waals surface area (Å²) >= 11 is 0. The summed E-state index contributed by atoms with van der Waals surface area (Å²) in [5.41, 5.74) is 1.29. The third-order valence-corrected chi connectivity index (χ3v) is 2.35. The van der Waals surface area contributed by atoms with Crippen molar-refractivity contribution in [2.24, 2.45) is 7.05 Å². The minimum Gasteiger partial charge on any atom is -0.267 e. The van der Waals surface area contributed by atoms with Gasteiger partial charge in [-0.2, -0.15) is 18.3 Å². The monoisotopic (exact) mass is 279 g/mol. The first-order valence-corrected chi connectivity index (χ1v) is 5.17. The molecule has 0 spiro atoms. The van der Waals surface area contributed by atoms with Crippen molar-refractivity contribution < 1.29 is 22.8 Å². The van der Waals surface area contributed by atoms with Crippen molar-refractivity contribution in [1.29, 1.82) is 0 Å². The SMILES string of the molecule is Cc1nn(C)c(=O)c(C(=O)NOCC(F)(F)F)c1C. The number of aryl methyl sites for hydroxylation is 2. The van der Waals surface area contributed by atoms with Crippen LogP contribution >= 0.6 is 0 Å². The smallest absolute Gasteiger partial charge is 0.267 e. The van der Waals surface area contributed by atoms with Gasteiger partial charge in [0.15, 0.2) is 6.61 Å². The van der Waals surface area contributed by atoms with Crippen LogP contribution in [0.4, 0.5) is 13.2 Å². The highest BCUT2D eigenvalue weighted by Gasteiger charge is 2.28. The fraction of sp³-hybridized carbons (Fsp3) is 0.500.